The largest absolute Gasteiger partial charge is 0.335 e. The number of fused-ring (bicyclic) bond motifs is 1. The van der Waals surface area contributed by atoms with Crippen molar-refractivity contribution in [1.29, 1.82) is 0 Å². The lowest BCUT2D eigenvalue weighted by Crippen LogP contribution is -2.17. The zero-order chi connectivity index (χ0) is 11.9. The van der Waals surface area contributed by atoms with E-state index in [1.54, 1.807) is 29.9 Å². The molecule has 0 bridgehead atoms. The van der Waals surface area contributed by atoms with E-state index in [2.05, 4.69) is 4.98 Å². The van der Waals surface area contributed by atoms with Crippen LogP contribution in [0.15, 0.2) is 23.1 Å². The van der Waals surface area contributed by atoms with Crippen LogP contribution in [0.5, 0.6) is 0 Å². The Hall–Kier alpha value is -1.97. The van der Waals surface area contributed by atoms with E-state index in [-0.39, 0.29) is 16.8 Å². The fraction of sp³-hybridized carbons (Fsp3) is 0.250. The summed E-state index contributed by atoms with van der Waals surface area (Å²) >= 11 is 0. The molecule has 0 amide bonds. The monoisotopic (exact) mass is 216 g/mol. The second-order valence-electron chi connectivity index (χ2n) is 3.86. The SMILES string of the molecule is CC(=O)c1cn(C)c2nc(C)ccc2c1=O. The third kappa shape index (κ3) is 1.52. The molecule has 2 aromatic rings. The number of rotatable bonds is 1. The second kappa shape index (κ2) is 3.56. The number of pyridine rings is 2. The van der Waals surface area contributed by atoms with E-state index >= 15 is 0 Å². The highest BCUT2D eigenvalue weighted by atomic mass is 16.1. The molecule has 16 heavy (non-hydrogen) atoms. The average molecular weight is 216 g/mol. The lowest BCUT2D eigenvalue weighted by atomic mass is 10.1. The van der Waals surface area contributed by atoms with Crippen molar-refractivity contribution in [3.05, 3.63) is 39.8 Å². The number of Topliss-reactive ketones (excluding diaryl/α,β-unsaturated/α-hetero) is 1. The zero-order valence-electron chi connectivity index (χ0n) is 9.44. The Morgan fingerprint density at radius 3 is 2.69 bits per heavy atom. The minimum absolute atomic E-state index is 0.209. The van der Waals surface area contributed by atoms with Gasteiger partial charge in [-0.25, -0.2) is 4.98 Å². The molecular weight excluding hydrogens is 204 g/mol. The standard InChI is InChI=1S/C12H12N2O2/c1-7-4-5-9-11(16)10(8(2)15)6-14(3)12(9)13-7/h4-6H,1-3H3. The van der Waals surface area contributed by atoms with Gasteiger partial charge in [0.05, 0.1) is 10.9 Å². The van der Waals surface area contributed by atoms with E-state index < -0.39 is 0 Å². The quantitative estimate of drug-likeness (QED) is 0.678. The van der Waals surface area contributed by atoms with Crippen molar-refractivity contribution in [2.45, 2.75) is 13.8 Å². The van der Waals surface area contributed by atoms with Crippen LogP contribution in [0.2, 0.25) is 0 Å². The van der Waals surface area contributed by atoms with Crippen molar-refractivity contribution in [3.8, 4) is 0 Å². The maximum absolute atomic E-state index is 12.0. The number of nitrogens with zero attached hydrogens (tertiary/aromatic N) is 2. The number of hydrogen-bond donors (Lipinski definition) is 0. The van der Waals surface area contributed by atoms with E-state index in [1.807, 2.05) is 6.92 Å². The van der Waals surface area contributed by atoms with Crippen LogP contribution >= 0.6 is 0 Å². The van der Waals surface area contributed by atoms with Gasteiger partial charge in [-0.1, -0.05) is 0 Å². The summed E-state index contributed by atoms with van der Waals surface area (Å²) in [6.45, 7) is 3.26. The van der Waals surface area contributed by atoms with Gasteiger partial charge in [-0.05, 0) is 26.0 Å². The molecule has 2 rings (SSSR count). The molecule has 0 radical (unpaired) electrons. The van der Waals surface area contributed by atoms with Crippen molar-refractivity contribution in [1.82, 2.24) is 9.55 Å². The molecule has 0 N–H and O–H groups in total. The van der Waals surface area contributed by atoms with Gasteiger partial charge in [-0.3, -0.25) is 9.59 Å². The number of aromatic nitrogens is 2. The van der Waals surface area contributed by atoms with Crippen molar-refractivity contribution in [2.24, 2.45) is 7.05 Å². The summed E-state index contributed by atoms with van der Waals surface area (Å²) in [5.74, 6) is -0.219. The minimum atomic E-state index is -0.242. The predicted molar refractivity (Wildman–Crippen MR) is 61.7 cm³/mol. The third-order valence-electron chi connectivity index (χ3n) is 2.54. The van der Waals surface area contributed by atoms with Crippen LogP contribution in [-0.4, -0.2) is 15.3 Å². The van der Waals surface area contributed by atoms with E-state index in [0.29, 0.717) is 11.0 Å². The highest BCUT2D eigenvalue weighted by Gasteiger charge is 2.11. The highest BCUT2D eigenvalue weighted by Crippen LogP contribution is 2.09. The first-order chi connectivity index (χ1) is 7.50. The van der Waals surface area contributed by atoms with Gasteiger partial charge in [0.2, 0.25) is 5.43 Å². The molecule has 82 valence electrons. The molecule has 4 nitrogen and oxygen atoms in total. The van der Waals surface area contributed by atoms with Gasteiger partial charge in [0.25, 0.3) is 0 Å². The zero-order valence-corrected chi connectivity index (χ0v) is 9.44. The number of hydrogen-bond acceptors (Lipinski definition) is 3. The van der Waals surface area contributed by atoms with Crippen LogP contribution in [0.1, 0.15) is 23.0 Å². The lowest BCUT2D eigenvalue weighted by molar-refractivity contribution is 0.101. The maximum Gasteiger partial charge on any atom is 0.201 e. The summed E-state index contributed by atoms with van der Waals surface area (Å²) in [7, 11) is 1.78. The molecule has 2 aromatic heterocycles. The fourth-order valence-electron chi connectivity index (χ4n) is 1.70. The molecule has 0 aliphatic carbocycles. The molecule has 0 aliphatic heterocycles. The molecule has 0 saturated carbocycles. The van der Waals surface area contributed by atoms with Crippen LogP contribution < -0.4 is 5.43 Å². The van der Waals surface area contributed by atoms with Crippen LogP contribution in [0.3, 0.4) is 0 Å². The van der Waals surface area contributed by atoms with Crippen molar-refractivity contribution < 1.29 is 4.79 Å². The van der Waals surface area contributed by atoms with Crippen molar-refractivity contribution >= 4 is 16.8 Å². The van der Waals surface area contributed by atoms with Crippen molar-refractivity contribution in [3.63, 3.8) is 0 Å². The first-order valence-electron chi connectivity index (χ1n) is 4.98. The second-order valence-corrected chi connectivity index (χ2v) is 3.86. The number of aryl methyl sites for hydroxylation is 2. The molecule has 0 aromatic carbocycles. The maximum atomic E-state index is 12.0. The summed E-state index contributed by atoms with van der Waals surface area (Å²) in [5.41, 5.74) is 1.42. The summed E-state index contributed by atoms with van der Waals surface area (Å²) in [4.78, 5) is 27.5. The smallest absolute Gasteiger partial charge is 0.201 e. The van der Waals surface area contributed by atoms with Crippen molar-refractivity contribution in [2.75, 3.05) is 0 Å². The molecule has 0 spiro atoms. The Morgan fingerprint density at radius 2 is 2.06 bits per heavy atom. The molecule has 2 heterocycles. The van der Waals surface area contributed by atoms with Crippen LogP contribution in [0.4, 0.5) is 0 Å². The van der Waals surface area contributed by atoms with Gasteiger partial charge >= 0.3 is 0 Å². The Balaban J connectivity index is 2.96. The van der Waals surface area contributed by atoms with Gasteiger partial charge in [0.15, 0.2) is 5.78 Å². The predicted octanol–water partition coefficient (Wildman–Crippen LogP) is 1.44. The lowest BCUT2D eigenvalue weighted by Gasteiger charge is -2.06. The Labute approximate surface area is 92.5 Å². The molecule has 0 aliphatic rings. The number of carbonyl (C=O) groups excluding carboxylic acids is 1. The molecule has 4 heteroatoms. The van der Waals surface area contributed by atoms with Gasteiger partial charge in [0.1, 0.15) is 5.65 Å². The summed E-state index contributed by atoms with van der Waals surface area (Å²) in [6, 6.07) is 3.49. The van der Waals surface area contributed by atoms with E-state index in [9.17, 15) is 9.59 Å². The molecule has 0 fully saturated rings. The van der Waals surface area contributed by atoms with Crippen LogP contribution in [0, 0.1) is 6.92 Å². The summed E-state index contributed by atoms with van der Waals surface area (Å²) in [6.07, 6.45) is 1.54. The van der Waals surface area contributed by atoms with E-state index in [4.69, 9.17) is 0 Å². The highest BCUT2D eigenvalue weighted by molar-refractivity contribution is 5.96. The third-order valence-corrected chi connectivity index (χ3v) is 2.54. The summed E-state index contributed by atoms with van der Waals surface area (Å²) in [5, 5.41) is 0.487. The molecular formula is C12H12N2O2. The van der Waals surface area contributed by atoms with Gasteiger partial charge in [-0.15, -0.1) is 0 Å². The van der Waals surface area contributed by atoms with E-state index in [1.165, 1.54) is 6.92 Å². The normalized spacial score (nSPS) is 10.7. The van der Waals surface area contributed by atoms with Gasteiger partial charge < -0.3 is 4.57 Å². The van der Waals surface area contributed by atoms with Crippen LogP contribution in [0.25, 0.3) is 11.0 Å². The van der Waals surface area contributed by atoms with Gasteiger partial charge in [0, 0.05) is 18.9 Å². The molecule has 0 saturated heterocycles. The van der Waals surface area contributed by atoms with Crippen LogP contribution in [-0.2, 0) is 7.05 Å². The average Bonchev–Trinajstić information content (AvgIpc) is 2.22. The Kier molecular flexibility index (Phi) is 2.34. The summed E-state index contributed by atoms with van der Waals surface area (Å²) < 4.78 is 1.71. The fourth-order valence-corrected chi connectivity index (χ4v) is 1.70. The first kappa shape index (κ1) is 10.5. The molecule has 0 atom stereocenters. The van der Waals surface area contributed by atoms with E-state index in [0.717, 1.165) is 5.69 Å². The topological polar surface area (TPSA) is 52.0 Å². The number of ketones is 1. The van der Waals surface area contributed by atoms with Gasteiger partial charge in [-0.2, -0.15) is 0 Å². The minimum Gasteiger partial charge on any atom is -0.335 e. The number of carbonyl (C=O) groups is 1. The Bertz CT molecular complexity index is 641. The Morgan fingerprint density at radius 1 is 1.38 bits per heavy atom. The molecule has 0 unspecified atom stereocenters. The first-order valence-corrected chi connectivity index (χ1v) is 4.98.